The minimum absolute atomic E-state index is 0. The van der Waals surface area contributed by atoms with Crippen LogP contribution in [0, 0.1) is 19.3 Å². The van der Waals surface area contributed by atoms with E-state index in [1.54, 1.807) is 45.9 Å². The normalized spacial score (nSPS) is 9.84. The van der Waals surface area contributed by atoms with Crippen molar-refractivity contribution in [2.45, 2.75) is 76.2 Å². The summed E-state index contributed by atoms with van der Waals surface area (Å²) >= 11 is 4.96. The molecule has 0 atom stereocenters. The van der Waals surface area contributed by atoms with E-state index in [1.807, 2.05) is 110 Å². The standard InChI is InChI=1S/C23H21N3O3.C21H18N2O2.C2H4ClNO.C2H5NO.4CH4/c1-16-15-19(29-26-16)12-9-17-7-10-18(11-8-17)28-23-21(6-4-14-25-23)20-5-3-13-24-22(20)27-2;1-3-4-7-16-10-12-17(13-11-16)25-21-19(9-6-15-23-21)18-8-5-14-22-20(18)24-2;1-2(3)4-5;1-2-3-4;;;;/h3-8,10-11,13-15H,9,12H2,1-2H3;1,5-6,8-15H,4,7H2,2H3;5H,1H3;2,4H,1H3;4*1H4/b;;4-2-;3-2+;;;;. The van der Waals surface area contributed by atoms with Gasteiger partial charge in [-0.05, 0) is 118 Å². The van der Waals surface area contributed by atoms with Crippen molar-refractivity contribution in [3.05, 3.63) is 150 Å². The van der Waals surface area contributed by atoms with Gasteiger partial charge in [-0.2, -0.15) is 0 Å². The van der Waals surface area contributed by atoms with E-state index in [0.717, 1.165) is 59.4 Å². The third-order valence-corrected chi connectivity index (χ3v) is 8.55. The molecular formula is C52H64ClN7O7. The van der Waals surface area contributed by atoms with Gasteiger partial charge in [-0.3, -0.25) is 0 Å². The number of benzene rings is 2. The molecule has 0 saturated carbocycles. The van der Waals surface area contributed by atoms with E-state index in [9.17, 15) is 0 Å². The molecule has 0 saturated heterocycles. The van der Waals surface area contributed by atoms with Crippen LogP contribution in [0.3, 0.4) is 0 Å². The average Bonchev–Trinajstić information content (AvgIpc) is 3.76. The number of pyridine rings is 4. The number of rotatable bonds is 13. The molecule has 0 bridgehead atoms. The molecular weight excluding hydrogens is 870 g/mol. The van der Waals surface area contributed by atoms with Crippen molar-refractivity contribution in [3.63, 3.8) is 0 Å². The van der Waals surface area contributed by atoms with Crippen LogP contribution in [0.2, 0.25) is 0 Å². The molecule has 2 aromatic carbocycles. The van der Waals surface area contributed by atoms with Crippen LogP contribution in [0.15, 0.2) is 143 Å². The number of halogens is 1. The summed E-state index contributed by atoms with van der Waals surface area (Å²) in [6, 6.07) is 33.0. The van der Waals surface area contributed by atoms with Gasteiger partial charge < -0.3 is 33.9 Å². The van der Waals surface area contributed by atoms with Gasteiger partial charge >= 0.3 is 0 Å². The highest BCUT2D eigenvalue weighted by Gasteiger charge is 2.15. The van der Waals surface area contributed by atoms with Crippen molar-refractivity contribution >= 4 is 23.0 Å². The quantitative estimate of drug-likeness (QED) is 0.0484. The van der Waals surface area contributed by atoms with Gasteiger partial charge in [-0.1, -0.05) is 75.9 Å². The van der Waals surface area contributed by atoms with E-state index < -0.39 is 0 Å². The molecule has 356 valence electrons. The zero-order chi connectivity index (χ0) is 45.2. The van der Waals surface area contributed by atoms with E-state index in [2.05, 4.69) is 41.3 Å². The molecule has 0 spiro atoms. The molecule has 67 heavy (non-hydrogen) atoms. The zero-order valence-corrected chi connectivity index (χ0v) is 36.3. The third-order valence-electron chi connectivity index (χ3n) is 8.48. The summed E-state index contributed by atoms with van der Waals surface area (Å²) in [4.78, 5) is 17.3. The lowest BCUT2D eigenvalue weighted by Gasteiger charge is -2.12. The first-order valence-corrected chi connectivity index (χ1v) is 19.8. The van der Waals surface area contributed by atoms with Gasteiger partial charge in [0.2, 0.25) is 23.5 Å². The molecule has 0 radical (unpaired) electrons. The molecule has 5 heterocycles. The number of oxime groups is 2. The maximum atomic E-state index is 7.60. The Morgan fingerprint density at radius 2 is 1.03 bits per heavy atom. The third kappa shape index (κ3) is 19.5. The smallest absolute Gasteiger partial charge is 0.227 e. The molecule has 2 N–H and O–H groups in total. The second-order valence-corrected chi connectivity index (χ2v) is 13.5. The predicted octanol–water partition coefficient (Wildman–Crippen LogP) is 13.6. The lowest BCUT2D eigenvalue weighted by Crippen LogP contribution is -1.95. The van der Waals surface area contributed by atoms with Crippen molar-refractivity contribution in [3.8, 4) is 69.6 Å². The van der Waals surface area contributed by atoms with Crippen LogP contribution in [-0.2, 0) is 19.3 Å². The van der Waals surface area contributed by atoms with Crippen molar-refractivity contribution in [1.29, 1.82) is 0 Å². The van der Waals surface area contributed by atoms with E-state index >= 15 is 0 Å². The van der Waals surface area contributed by atoms with E-state index in [4.69, 9.17) is 51.9 Å². The van der Waals surface area contributed by atoms with Gasteiger partial charge in [-0.25, -0.2) is 19.9 Å². The van der Waals surface area contributed by atoms with Gasteiger partial charge in [0.25, 0.3) is 0 Å². The maximum Gasteiger partial charge on any atom is 0.227 e. The summed E-state index contributed by atoms with van der Waals surface area (Å²) in [5, 5.41) is 24.3. The van der Waals surface area contributed by atoms with Crippen molar-refractivity contribution < 1.29 is 33.9 Å². The fourth-order valence-corrected chi connectivity index (χ4v) is 5.56. The van der Waals surface area contributed by atoms with Crippen LogP contribution in [0.25, 0.3) is 22.3 Å². The first-order chi connectivity index (χ1) is 30.7. The summed E-state index contributed by atoms with van der Waals surface area (Å²) in [7, 11) is 3.19. The predicted molar refractivity (Wildman–Crippen MR) is 270 cm³/mol. The molecule has 7 rings (SSSR count). The largest absolute Gasteiger partial charge is 0.481 e. The Bertz CT molecular complexity index is 2530. The Kier molecular flexibility index (Phi) is 29.0. The van der Waals surface area contributed by atoms with E-state index in [0.29, 0.717) is 35.0 Å². The van der Waals surface area contributed by atoms with Crippen LogP contribution < -0.4 is 18.9 Å². The highest BCUT2D eigenvalue weighted by atomic mass is 35.5. The van der Waals surface area contributed by atoms with Crippen molar-refractivity contribution in [2.75, 3.05) is 14.2 Å². The van der Waals surface area contributed by atoms with Crippen LogP contribution in [-0.4, -0.2) is 61.1 Å². The van der Waals surface area contributed by atoms with Gasteiger partial charge in [0.05, 0.1) is 19.9 Å². The second kappa shape index (κ2) is 32.8. The highest BCUT2D eigenvalue weighted by Crippen LogP contribution is 2.37. The van der Waals surface area contributed by atoms with Crippen molar-refractivity contribution in [2.24, 2.45) is 10.3 Å². The van der Waals surface area contributed by atoms with Gasteiger partial charge in [0, 0.05) is 72.2 Å². The summed E-state index contributed by atoms with van der Waals surface area (Å²) in [5.74, 6) is 7.04. The lowest BCUT2D eigenvalue weighted by molar-refractivity contribution is 0.320. The van der Waals surface area contributed by atoms with Gasteiger partial charge in [0.1, 0.15) is 22.4 Å². The number of terminal acetylenes is 1. The molecule has 14 nitrogen and oxygen atoms in total. The molecule has 0 aliphatic rings. The number of ether oxygens (including phenoxy) is 4. The molecule has 7 aromatic rings. The number of aryl methyl sites for hydroxylation is 4. The molecule has 0 unspecified atom stereocenters. The Morgan fingerprint density at radius 1 is 0.657 bits per heavy atom. The Labute approximate surface area is 401 Å². The maximum absolute atomic E-state index is 7.60. The van der Waals surface area contributed by atoms with Crippen LogP contribution in [0.4, 0.5) is 0 Å². The SMILES string of the molecule is C.C.C.C.C#CCCc1ccc(Oc2ncccc2-c2cccnc2OC)cc1.C/C(Cl)=N/O.C/C=N/O.COc1ncccc1-c1cccnc1Oc1ccc(CCc2cc(C)no2)cc1. The van der Waals surface area contributed by atoms with Crippen LogP contribution >= 0.6 is 11.6 Å². The van der Waals surface area contributed by atoms with Crippen molar-refractivity contribution in [1.82, 2.24) is 25.1 Å². The summed E-state index contributed by atoms with van der Waals surface area (Å²) < 4.78 is 28.0. The number of hydrogen-bond donors (Lipinski definition) is 2. The van der Waals surface area contributed by atoms with E-state index in [-0.39, 0.29) is 34.9 Å². The topological polar surface area (TPSA) is 180 Å². The molecule has 0 fully saturated rings. The molecule has 0 aliphatic carbocycles. The zero-order valence-electron chi connectivity index (χ0n) is 35.6. The van der Waals surface area contributed by atoms with Crippen LogP contribution in [0.5, 0.6) is 35.0 Å². The fraction of sp³-hybridized carbons (Fsp3) is 0.250. The highest BCUT2D eigenvalue weighted by molar-refractivity contribution is 6.64. The molecule has 15 heteroatoms. The number of methoxy groups -OCH3 is 2. The second-order valence-electron chi connectivity index (χ2n) is 12.9. The first kappa shape index (κ1) is 59.2. The lowest BCUT2D eigenvalue weighted by atomic mass is 10.1. The van der Waals surface area contributed by atoms with E-state index in [1.165, 1.54) is 24.3 Å². The molecule has 0 amide bonds. The molecule has 5 aromatic heterocycles. The Morgan fingerprint density at radius 3 is 1.36 bits per heavy atom. The van der Waals surface area contributed by atoms with Gasteiger partial charge in [0.15, 0.2) is 0 Å². The number of nitrogens with zero attached hydrogens (tertiary/aromatic N) is 7. The number of aromatic nitrogens is 5. The minimum atomic E-state index is 0. The summed E-state index contributed by atoms with van der Waals surface area (Å²) in [6.07, 6.45) is 16.7. The molecule has 0 aliphatic heterocycles. The monoisotopic (exact) mass is 933 g/mol. The minimum Gasteiger partial charge on any atom is -0.481 e. The summed E-state index contributed by atoms with van der Waals surface area (Å²) in [6.45, 7) is 5.05. The summed E-state index contributed by atoms with van der Waals surface area (Å²) in [5.41, 5.74) is 6.59. The Balaban J connectivity index is 0.00000105. The van der Waals surface area contributed by atoms with Gasteiger partial charge in [-0.15, -0.1) is 17.5 Å². The van der Waals surface area contributed by atoms with Crippen LogP contribution in [0.1, 0.15) is 72.6 Å². The Hall–Kier alpha value is -7.76. The fourth-order valence-electron chi connectivity index (χ4n) is 5.56. The number of hydrogen-bond acceptors (Lipinski definition) is 14. The first-order valence-electron chi connectivity index (χ1n) is 19.5. The average molecular weight is 935 g/mol.